The van der Waals surface area contributed by atoms with Crippen LogP contribution in [0.15, 0.2) is 0 Å². The number of ether oxygens (including phenoxy) is 1. The third-order valence-electron chi connectivity index (χ3n) is 2.90. The van der Waals surface area contributed by atoms with Gasteiger partial charge < -0.3 is 25.2 Å². The van der Waals surface area contributed by atoms with Crippen LogP contribution in [-0.2, 0) is 9.53 Å². The van der Waals surface area contributed by atoms with Crippen LogP contribution in [0.1, 0.15) is 27.7 Å². The van der Waals surface area contributed by atoms with Crippen LogP contribution in [0, 0.1) is 0 Å². The summed E-state index contributed by atoms with van der Waals surface area (Å²) in [5.41, 5.74) is -2.41. The van der Waals surface area contributed by atoms with Gasteiger partial charge in [0, 0.05) is 6.54 Å². The van der Waals surface area contributed by atoms with Crippen LogP contribution in [0.2, 0.25) is 0 Å². The quantitative estimate of drug-likeness (QED) is 0.674. The standard InChI is InChI=1S/C12H22N2O5/c1-8-5-14(7-11(2,3)19-8)10(17)13-6-12(4,18)9(15)16/h8,18H,5-7H2,1-4H3,(H,13,17)(H,15,16). The van der Waals surface area contributed by atoms with E-state index in [1.54, 1.807) is 4.90 Å². The zero-order valence-corrected chi connectivity index (χ0v) is 11.8. The van der Waals surface area contributed by atoms with Gasteiger partial charge in [0.25, 0.3) is 0 Å². The molecular weight excluding hydrogens is 252 g/mol. The first-order chi connectivity index (χ1) is 8.53. The second-order valence-electron chi connectivity index (χ2n) is 5.81. The van der Waals surface area contributed by atoms with Gasteiger partial charge in [0.1, 0.15) is 0 Å². The van der Waals surface area contributed by atoms with Gasteiger partial charge in [0.05, 0.1) is 24.8 Å². The van der Waals surface area contributed by atoms with Gasteiger partial charge in [-0.2, -0.15) is 0 Å². The number of rotatable bonds is 3. The normalized spacial score (nSPS) is 25.5. The average Bonchev–Trinajstić information content (AvgIpc) is 2.22. The molecule has 19 heavy (non-hydrogen) atoms. The second kappa shape index (κ2) is 5.34. The minimum atomic E-state index is -1.97. The number of hydrogen-bond acceptors (Lipinski definition) is 4. The van der Waals surface area contributed by atoms with Crippen molar-refractivity contribution in [1.29, 1.82) is 0 Å². The summed E-state index contributed by atoms with van der Waals surface area (Å²) in [5.74, 6) is -1.37. The lowest BCUT2D eigenvalue weighted by Crippen LogP contribution is -2.58. The first-order valence-electron chi connectivity index (χ1n) is 6.20. The predicted molar refractivity (Wildman–Crippen MR) is 67.9 cm³/mol. The summed E-state index contributed by atoms with van der Waals surface area (Å²) in [6, 6.07) is -0.398. The van der Waals surface area contributed by atoms with E-state index >= 15 is 0 Å². The summed E-state index contributed by atoms with van der Waals surface area (Å²) in [4.78, 5) is 24.2. The van der Waals surface area contributed by atoms with Gasteiger partial charge in [0.2, 0.25) is 0 Å². The molecule has 0 aliphatic carbocycles. The molecule has 0 aromatic carbocycles. The van der Waals surface area contributed by atoms with Gasteiger partial charge in [-0.15, -0.1) is 0 Å². The minimum Gasteiger partial charge on any atom is -0.479 e. The first kappa shape index (κ1) is 15.7. The van der Waals surface area contributed by atoms with E-state index in [-0.39, 0.29) is 12.6 Å². The summed E-state index contributed by atoms with van der Waals surface area (Å²) >= 11 is 0. The van der Waals surface area contributed by atoms with E-state index in [2.05, 4.69) is 5.32 Å². The van der Waals surface area contributed by atoms with E-state index in [9.17, 15) is 14.7 Å². The van der Waals surface area contributed by atoms with Crippen LogP contribution in [0.3, 0.4) is 0 Å². The maximum atomic E-state index is 12.0. The molecule has 7 nitrogen and oxygen atoms in total. The fourth-order valence-electron chi connectivity index (χ4n) is 2.04. The van der Waals surface area contributed by atoms with E-state index in [1.165, 1.54) is 0 Å². The van der Waals surface area contributed by atoms with Crippen molar-refractivity contribution in [2.45, 2.75) is 45.0 Å². The molecular formula is C12H22N2O5. The Balaban J connectivity index is 2.57. The fraction of sp³-hybridized carbons (Fsp3) is 0.833. The molecule has 0 aromatic heterocycles. The Morgan fingerprint density at radius 3 is 2.58 bits per heavy atom. The van der Waals surface area contributed by atoms with Crippen molar-refractivity contribution >= 4 is 12.0 Å². The number of amides is 2. The number of urea groups is 1. The predicted octanol–water partition coefficient (Wildman–Crippen LogP) is 0.0309. The Labute approximate surface area is 112 Å². The lowest BCUT2D eigenvalue weighted by molar-refractivity contribution is -0.156. The zero-order chi connectivity index (χ0) is 14.8. The fourth-order valence-corrected chi connectivity index (χ4v) is 2.04. The van der Waals surface area contributed by atoms with Crippen LogP contribution in [0.25, 0.3) is 0 Å². The number of morpholine rings is 1. The Morgan fingerprint density at radius 1 is 1.53 bits per heavy atom. The summed E-state index contributed by atoms with van der Waals surface area (Å²) in [6.07, 6.45) is -0.0884. The summed E-state index contributed by atoms with van der Waals surface area (Å²) in [6.45, 7) is 7.29. The molecule has 0 aromatic rings. The highest BCUT2D eigenvalue weighted by atomic mass is 16.5. The summed E-state index contributed by atoms with van der Waals surface area (Å²) < 4.78 is 5.67. The third-order valence-corrected chi connectivity index (χ3v) is 2.90. The lowest BCUT2D eigenvalue weighted by Gasteiger charge is -2.41. The first-order valence-corrected chi connectivity index (χ1v) is 6.20. The minimum absolute atomic E-state index is 0.0884. The third kappa shape index (κ3) is 4.36. The van der Waals surface area contributed by atoms with Crippen molar-refractivity contribution in [1.82, 2.24) is 10.2 Å². The maximum absolute atomic E-state index is 12.0. The summed E-state index contributed by atoms with van der Waals surface area (Å²) in [7, 11) is 0. The zero-order valence-electron chi connectivity index (χ0n) is 11.8. The van der Waals surface area contributed by atoms with Crippen LogP contribution >= 0.6 is 0 Å². The van der Waals surface area contributed by atoms with Crippen molar-refractivity contribution in [2.24, 2.45) is 0 Å². The van der Waals surface area contributed by atoms with Gasteiger partial charge in [-0.25, -0.2) is 9.59 Å². The van der Waals surface area contributed by atoms with Crippen LogP contribution in [0.5, 0.6) is 0 Å². The smallest absolute Gasteiger partial charge is 0.337 e. The van der Waals surface area contributed by atoms with Gasteiger partial charge in [0.15, 0.2) is 5.60 Å². The van der Waals surface area contributed by atoms with Crippen molar-refractivity contribution in [3.8, 4) is 0 Å². The lowest BCUT2D eigenvalue weighted by atomic mass is 10.1. The maximum Gasteiger partial charge on any atom is 0.337 e. The molecule has 1 rings (SSSR count). The number of nitrogens with one attached hydrogen (secondary N) is 1. The highest BCUT2D eigenvalue weighted by molar-refractivity contribution is 5.79. The Kier molecular flexibility index (Phi) is 4.42. The van der Waals surface area contributed by atoms with Crippen molar-refractivity contribution in [2.75, 3.05) is 19.6 Å². The van der Waals surface area contributed by atoms with Gasteiger partial charge in [-0.1, -0.05) is 0 Å². The number of carbonyl (C=O) groups excluding carboxylic acids is 1. The molecule has 110 valence electrons. The van der Waals surface area contributed by atoms with E-state index in [4.69, 9.17) is 9.84 Å². The van der Waals surface area contributed by atoms with E-state index < -0.39 is 23.2 Å². The Hall–Kier alpha value is -1.34. The SMILES string of the molecule is CC1CN(C(=O)NCC(C)(O)C(=O)O)CC(C)(C)O1. The number of nitrogens with zero attached hydrogens (tertiary/aromatic N) is 1. The number of carboxylic acid groups (broad SMARTS) is 1. The number of carboxylic acids is 1. The van der Waals surface area contributed by atoms with Gasteiger partial charge in [-0.05, 0) is 27.7 Å². The molecule has 7 heteroatoms. The Bertz CT molecular complexity index is 367. The molecule has 0 bridgehead atoms. The monoisotopic (exact) mass is 274 g/mol. The van der Waals surface area contributed by atoms with Crippen molar-refractivity contribution in [3.05, 3.63) is 0 Å². The van der Waals surface area contributed by atoms with Gasteiger partial charge in [-0.3, -0.25) is 0 Å². The number of hydrogen-bond donors (Lipinski definition) is 3. The molecule has 0 spiro atoms. The number of aliphatic hydroxyl groups is 1. The topological polar surface area (TPSA) is 99.1 Å². The summed E-state index contributed by atoms with van der Waals surface area (Å²) in [5, 5.41) is 20.7. The van der Waals surface area contributed by atoms with Crippen LogP contribution in [-0.4, -0.2) is 64.1 Å². The Morgan fingerprint density at radius 2 is 2.11 bits per heavy atom. The molecule has 0 radical (unpaired) electrons. The van der Waals surface area contributed by atoms with Crippen molar-refractivity contribution < 1.29 is 24.5 Å². The molecule has 2 atom stereocenters. The molecule has 2 amide bonds. The number of carbonyl (C=O) groups is 2. The average molecular weight is 274 g/mol. The van der Waals surface area contributed by atoms with Crippen molar-refractivity contribution in [3.63, 3.8) is 0 Å². The molecule has 1 saturated heterocycles. The molecule has 2 unspecified atom stereocenters. The highest BCUT2D eigenvalue weighted by Crippen LogP contribution is 2.20. The van der Waals surface area contributed by atoms with E-state index in [0.717, 1.165) is 6.92 Å². The molecule has 3 N–H and O–H groups in total. The second-order valence-corrected chi connectivity index (χ2v) is 5.81. The molecule has 1 aliphatic heterocycles. The molecule has 1 fully saturated rings. The van der Waals surface area contributed by atoms with Crippen LogP contribution in [0.4, 0.5) is 4.79 Å². The van der Waals surface area contributed by atoms with E-state index in [0.29, 0.717) is 13.1 Å². The van der Waals surface area contributed by atoms with Crippen LogP contribution < -0.4 is 5.32 Å². The molecule has 1 heterocycles. The number of aliphatic carboxylic acids is 1. The van der Waals surface area contributed by atoms with Gasteiger partial charge >= 0.3 is 12.0 Å². The largest absolute Gasteiger partial charge is 0.479 e. The van der Waals surface area contributed by atoms with E-state index in [1.807, 2.05) is 20.8 Å². The molecule has 0 saturated carbocycles. The highest BCUT2D eigenvalue weighted by Gasteiger charge is 2.35. The molecule has 1 aliphatic rings.